The van der Waals surface area contributed by atoms with E-state index in [1.807, 2.05) is 35.6 Å². The molecule has 3 heterocycles. The van der Waals surface area contributed by atoms with Gasteiger partial charge in [-0.1, -0.05) is 12.1 Å². The quantitative estimate of drug-likeness (QED) is 0.907. The molecule has 2 aliphatic heterocycles. The fourth-order valence-corrected chi connectivity index (χ4v) is 5.17. The first-order valence-corrected chi connectivity index (χ1v) is 10.1. The van der Waals surface area contributed by atoms with Gasteiger partial charge in [-0.25, -0.2) is 0 Å². The highest BCUT2D eigenvalue weighted by Gasteiger charge is 2.41. The van der Waals surface area contributed by atoms with Crippen LogP contribution >= 0.6 is 11.3 Å². The summed E-state index contributed by atoms with van der Waals surface area (Å²) in [4.78, 5) is 30.6. The monoisotopic (exact) mass is 367 g/mol. The Kier molecular flexibility index (Phi) is 3.83. The molecule has 5 rings (SSSR count). The highest BCUT2D eigenvalue weighted by Crippen LogP contribution is 2.48. The molecule has 3 aliphatic rings. The summed E-state index contributed by atoms with van der Waals surface area (Å²) >= 11 is 1.84. The van der Waals surface area contributed by atoms with Crippen molar-refractivity contribution in [1.29, 1.82) is 0 Å². The fraction of sp³-hybridized carbons (Fsp3) is 0.400. The number of rotatable bonds is 3. The van der Waals surface area contributed by atoms with Crippen molar-refractivity contribution in [2.24, 2.45) is 5.92 Å². The maximum atomic E-state index is 13.1. The number of nitrogens with one attached hydrogen (secondary N) is 1. The molecule has 0 saturated heterocycles. The first-order valence-electron chi connectivity index (χ1n) is 9.20. The SMILES string of the molecule is O=C1CN(C(=O)CN2CCc3sccc3C2C2CC2)c2ccccc2N1. The van der Waals surface area contributed by atoms with Crippen molar-refractivity contribution in [3.63, 3.8) is 0 Å². The number of carbonyl (C=O) groups is 2. The van der Waals surface area contributed by atoms with E-state index in [0.29, 0.717) is 18.5 Å². The van der Waals surface area contributed by atoms with Crippen LogP contribution in [0.4, 0.5) is 11.4 Å². The van der Waals surface area contributed by atoms with Crippen LogP contribution in [0.15, 0.2) is 35.7 Å². The predicted molar refractivity (Wildman–Crippen MR) is 102 cm³/mol. The highest BCUT2D eigenvalue weighted by molar-refractivity contribution is 7.10. The van der Waals surface area contributed by atoms with E-state index in [2.05, 4.69) is 21.7 Å². The third-order valence-electron chi connectivity index (χ3n) is 5.60. The van der Waals surface area contributed by atoms with Crippen molar-refractivity contribution in [3.05, 3.63) is 46.2 Å². The molecule has 1 unspecified atom stereocenters. The zero-order valence-electron chi connectivity index (χ0n) is 14.5. The summed E-state index contributed by atoms with van der Waals surface area (Å²) in [5.41, 5.74) is 2.94. The molecule has 0 radical (unpaired) electrons. The summed E-state index contributed by atoms with van der Waals surface area (Å²) in [7, 11) is 0. The van der Waals surface area contributed by atoms with Crippen LogP contribution in [-0.4, -0.2) is 36.3 Å². The van der Waals surface area contributed by atoms with Crippen molar-refractivity contribution in [1.82, 2.24) is 4.90 Å². The summed E-state index contributed by atoms with van der Waals surface area (Å²) in [6.45, 7) is 1.39. The van der Waals surface area contributed by atoms with Gasteiger partial charge in [0.05, 0.1) is 17.9 Å². The molecule has 134 valence electrons. The van der Waals surface area contributed by atoms with E-state index >= 15 is 0 Å². The van der Waals surface area contributed by atoms with Crippen molar-refractivity contribution in [3.8, 4) is 0 Å². The van der Waals surface area contributed by atoms with Gasteiger partial charge in [-0.3, -0.25) is 19.4 Å². The molecular weight excluding hydrogens is 346 g/mol. The second kappa shape index (κ2) is 6.21. The van der Waals surface area contributed by atoms with Crippen molar-refractivity contribution >= 4 is 34.5 Å². The Bertz CT molecular complexity index is 873. The first kappa shape index (κ1) is 16.0. The lowest BCUT2D eigenvalue weighted by molar-refractivity contribution is -0.123. The number of amides is 2. The average molecular weight is 367 g/mol. The summed E-state index contributed by atoms with van der Waals surface area (Å²) < 4.78 is 0. The molecule has 1 fully saturated rings. The Morgan fingerprint density at radius 2 is 2.08 bits per heavy atom. The second-order valence-electron chi connectivity index (χ2n) is 7.35. The summed E-state index contributed by atoms with van der Waals surface area (Å²) in [6, 6.07) is 10.1. The maximum Gasteiger partial charge on any atom is 0.244 e. The van der Waals surface area contributed by atoms with Gasteiger partial charge in [-0.15, -0.1) is 11.3 Å². The molecule has 6 heteroatoms. The molecular formula is C20H21N3O2S. The topological polar surface area (TPSA) is 52.7 Å². The standard InChI is InChI=1S/C20H21N3O2S/c24-18-11-23(16-4-2-1-3-15(16)21-18)19(25)12-22-9-7-17-14(8-10-26-17)20(22)13-5-6-13/h1-4,8,10,13,20H,5-7,9,11-12H2,(H,21,24). The van der Waals surface area contributed by atoms with Crippen LogP contribution in [0.1, 0.15) is 29.3 Å². The smallest absolute Gasteiger partial charge is 0.244 e. The molecule has 2 amide bonds. The normalized spacial score (nSPS) is 22.5. The minimum absolute atomic E-state index is 0.0108. The van der Waals surface area contributed by atoms with Crippen molar-refractivity contribution < 1.29 is 9.59 Å². The van der Waals surface area contributed by atoms with Gasteiger partial charge < -0.3 is 5.32 Å². The zero-order valence-corrected chi connectivity index (χ0v) is 15.3. The van der Waals surface area contributed by atoms with Gasteiger partial charge in [0.25, 0.3) is 0 Å². The molecule has 1 aromatic carbocycles. The number of carbonyl (C=O) groups excluding carboxylic acids is 2. The fourth-order valence-electron chi connectivity index (χ4n) is 4.25. The van der Waals surface area contributed by atoms with Gasteiger partial charge >= 0.3 is 0 Å². The third kappa shape index (κ3) is 2.73. The number of hydrogen-bond donors (Lipinski definition) is 1. The Labute approximate surface area is 156 Å². The molecule has 0 bridgehead atoms. The molecule has 26 heavy (non-hydrogen) atoms. The van der Waals surface area contributed by atoms with Crippen molar-refractivity contribution in [2.75, 3.05) is 29.9 Å². The zero-order chi connectivity index (χ0) is 17.7. The van der Waals surface area contributed by atoms with Crippen LogP contribution in [0.5, 0.6) is 0 Å². The van der Waals surface area contributed by atoms with E-state index in [1.54, 1.807) is 4.90 Å². The number of thiophene rings is 1. The minimum Gasteiger partial charge on any atom is -0.323 e. The van der Waals surface area contributed by atoms with Gasteiger partial charge in [0.1, 0.15) is 6.54 Å². The Morgan fingerprint density at radius 3 is 2.92 bits per heavy atom. The van der Waals surface area contributed by atoms with Crippen LogP contribution in [0, 0.1) is 5.92 Å². The van der Waals surface area contributed by atoms with Crippen molar-refractivity contribution in [2.45, 2.75) is 25.3 Å². The molecule has 1 atom stereocenters. The van der Waals surface area contributed by atoms with Crippen LogP contribution in [0.25, 0.3) is 0 Å². The van der Waals surface area contributed by atoms with Gasteiger partial charge in [0.15, 0.2) is 0 Å². The largest absolute Gasteiger partial charge is 0.323 e. The molecule has 1 N–H and O–H groups in total. The lowest BCUT2D eigenvalue weighted by Gasteiger charge is -2.37. The lowest BCUT2D eigenvalue weighted by atomic mass is 9.96. The summed E-state index contributed by atoms with van der Waals surface area (Å²) in [5, 5.41) is 5.03. The molecule has 1 aromatic heterocycles. The van der Waals surface area contributed by atoms with E-state index in [0.717, 1.165) is 24.3 Å². The third-order valence-corrected chi connectivity index (χ3v) is 6.59. The van der Waals surface area contributed by atoms with Gasteiger partial charge in [0.2, 0.25) is 11.8 Å². The second-order valence-corrected chi connectivity index (χ2v) is 8.35. The highest BCUT2D eigenvalue weighted by atomic mass is 32.1. The van der Waals surface area contributed by atoms with Gasteiger partial charge in [-0.05, 0) is 54.3 Å². The van der Waals surface area contributed by atoms with Crippen LogP contribution < -0.4 is 10.2 Å². The molecule has 2 aromatic rings. The lowest BCUT2D eigenvalue weighted by Crippen LogP contribution is -2.48. The molecule has 1 saturated carbocycles. The van der Waals surface area contributed by atoms with Gasteiger partial charge in [0, 0.05) is 17.5 Å². The van der Waals surface area contributed by atoms with Gasteiger partial charge in [-0.2, -0.15) is 0 Å². The number of benzene rings is 1. The predicted octanol–water partition coefficient (Wildman–Crippen LogP) is 3.04. The van der Waals surface area contributed by atoms with E-state index in [1.165, 1.54) is 23.3 Å². The Morgan fingerprint density at radius 1 is 1.23 bits per heavy atom. The molecule has 5 nitrogen and oxygen atoms in total. The molecule has 1 aliphatic carbocycles. The van der Waals surface area contributed by atoms with Crippen LogP contribution in [-0.2, 0) is 16.0 Å². The van der Waals surface area contributed by atoms with E-state index in [-0.39, 0.29) is 18.4 Å². The van der Waals surface area contributed by atoms with E-state index in [9.17, 15) is 9.59 Å². The van der Waals surface area contributed by atoms with Crippen LogP contribution in [0.3, 0.4) is 0 Å². The average Bonchev–Trinajstić information content (AvgIpc) is 3.36. The van der Waals surface area contributed by atoms with Crippen LogP contribution in [0.2, 0.25) is 0 Å². The maximum absolute atomic E-state index is 13.1. The number of fused-ring (bicyclic) bond motifs is 2. The number of nitrogens with zero attached hydrogens (tertiary/aromatic N) is 2. The Balaban J connectivity index is 1.40. The van der Waals surface area contributed by atoms with E-state index < -0.39 is 0 Å². The summed E-state index contributed by atoms with van der Waals surface area (Å²) in [5.74, 6) is 0.555. The number of para-hydroxylation sites is 2. The Hall–Kier alpha value is -2.18. The molecule has 0 spiro atoms. The first-order chi connectivity index (χ1) is 12.7. The number of hydrogen-bond acceptors (Lipinski definition) is 4. The minimum atomic E-state index is -0.130. The summed E-state index contributed by atoms with van der Waals surface area (Å²) in [6.07, 6.45) is 3.51. The van der Waals surface area contributed by atoms with E-state index in [4.69, 9.17) is 0 Å². The number of anilines is 2.